The van der Waals surface area contributed by atoms with E-state index in [-0.39, 0.29) is 35.8 Å². The van der Waals surface area contributed by atoms with Gasteiger partial charge in [0.2, 0.25) is 0 Å². The van der Waals surface area contributed by atoms with Gasteiger partial charge in [0.05, 0.1) is 0 Å². The Morgan fingerprint density at radius 1 is 1.25 bits per heavy atom. The third-order valence-electron chi connectivity index (χ3n) is 2.78. The van der Waals surface area contributed by atoms with E-state index in [0.29, 0.717) is 16.1 Å². The van der Waals surface area contributed by atoms with Crippen molar-refractivity contribution in [1.82, 2.24) is 4.98 Å². The van der Waals surface area contributed by atoms with Crippen molar-refractivity contribution in [2.45, 2.75) is 13.3 Å². The minimum atomic E-state index is -0.995. The van der Waals surface area contributed by atoms with Gasteiger partial charge in [-0.3, -0.25) is 0 Å². The summed E-state index contributed by atoms with van der Waals surface area (Å²) in [6, 6.07) is 6.00. The van der Waals surface area contributed by atoms with E-state index in [9.17, 15) is 0 Å². The van der Waals surface area contributed by atoms with Gasteiger partial charge >= 0.3 is 259 Å². The summed E-state index contributed by atoms with van der Waals surface area (Å²) in [4.78, 5) is 4.70. The van der Waals surface area contributed by atoms with Crippen molar-refractivity contribution in [1.29, 1.82) is 0 Å². The van der Waals surface area contributed by atoms with Gasteiger partial charge in [-0.05, 0) is 0 Å². The molecular formula is C15H18I8NOV3-3. The van der Waals surface area contributed by atoms with Crippen LogP contribution in [-0.4, -0.2) is 11.6 Å². The van der Waals surface area contributed by atoms with E-state index >= 15 is 0 Å². The first kappa shape index (κ1) is 36.2. The van der Waals surface area contributed by atoms with Gasteiger partial charge in [-0.2, -0.15) is 0 Å². The second-order valence-corrected chi connectivity index (χ2v) is 91.4. The molecule has 0 N–H and O–H groups in total. The molecule has 0 unspecified atom stereocenters. The largest absolute Gasteiger partial charge is 0 e. The molecule has 1 radical (unpaired) electrons. The number of pyridine rings is 1. The van der Waals surface area contributed by atoms with Gasteiger partial charge in [0.15, 0.2) is 0 Å². The second-order valence-electron chi connectivity index (χ2n) is 4.28. The van der Waals surface area contributed by atoms with Crippen LogP contribution in [0.5, 0.6) is 5.75 Å². The number of aromatic nitrogens is 1. The molecule has 0 aliphatic carbocycles. The van der Waals surface area contributed by atoms with Crippen LogP contribution in [0.25, 0.3) is 10.9 Å². The van der Waals surface area contributed by atoms with Gasteiger partial charge in [0, 0.05) is 18.6 Å². The van der Waals surface area contributed by atoms with E-state index in [1.54, 1.807) is 0 Å². The molecule has 28 heavy (non-hydrogen) atoms. The van der Waals surface area contributed by atoms with Crippen LogP contribution in [0, 0.1) is 31.7 Å². The SMILES string of the molecule is [2H][CH2-].[CH2-]COc1cccc2nc(C)c([IH]I)c(C[CH2-])c12.[I][V]([I])([I])[I].[I][V][I].[V]. The van der Waals surface area contributed by atoms with Crippen LogP contribution in [-0.2, 0) is 34.8 Å². The maximum atomic E-state index is 5.63. The fraction of sp³-hybridized carbons (Fsp3) is 0.200. The Morgan fingerprint density at radius 3 is 2.14 bits per heavy atom. The summed E-state index contributed by atoms with van der Waals surface area (Å²) in [6.45, 7) is 10.3. The predicted molar refractivity (Wildman–Crippen MR) is 185 cm³/mol. The van der Waals surface area contributed by atoms with E-state index in [0.717, 1.165) is 28.8 Å². The van der Waals surface area contributed by atoms with Crippen molar-refractivity contribution in [2.75, 3.05) is 6.61 Å². The zero-order valence-electron chi connectivity index (χ0n) is 15.5. The number of aryl methyl sites for hydroxylation is 1. The number of halogens is 8. The summed E-state index contributed by atoms with van der Waals surface area (Å²) >= 11 is 17.1. The van der Waals surface area contributed by atoms with E-state index in [4.69, 9.17) is 11.1 Å². The molecule has 0 spiro atoms. The summed E-state index contributed by atoms with van der Waals surface area (Å²) in [5.41, 5.74) is 3.45. The number of nitrogens with zero attached hydrogens (tertiary/aromatic N) is 1. The summed E-state index contributed by atoms with van der Waals surface area (Å²) in [5.74, 6) is 0.882. The molecular weight excluding hydrogens is 1380 g/mol. The van der Waals surface area contributed by atoms with Crippen molar-refractivity contribution >= 4 is 167 Å². The topological polar surface area (TPSA) is 22.1 Å². The Balaban J connectivity index is -0.000000522. The van der Waals surface area contributed by atoms with Gasteiger partial charge in [0.1, 0.15) is 0 Å². The molecule has 0 saturated carbocycles. The van der Waals surface area contributed by atoms with Crippen LogP contribution in [0.4, 0.5) is 0 Å². The van der Waals surface area contributed by atoms with E-state index in [1.165, 1.54) is 9.13 Å². The van der Waals surface area contributed by atoms with Gasteiger partial charge in [-0.25, -0.2) is 1.37 Å². The molecule has 1 aromatic heterocycles. The normalized spacial score (nSPS) is 10.0. The Morgan fingerprint density at radius 2 is 1.75 bits per heavy atom. The quantitative estimate of drug-likeness (QED) is 0.225. The van der Waals surface area contributed by atoms with Crippen molar-refractivity contribution in [3.63, 3.8) is 0 Å². The van der Waals surface area contributed by atoms with Crippen LogP contribution in [0.15, 0.2) is 18.2 Å². The molecule has 2 aromatic rings. The first-order chi connectivity index (χ1) is 13.1. The molecule has 163 valence electrons. The van der Waals surface area contributed by atoms with Crippen LogP contribution in [0.1, 0.15) is 12.6 Å². The minimum absolute atomic E-state index is 0. The Bertz CT molecular complexity index is 689. The van der Waals surface area contributed by atoms with E-state index < -0.39 is 0.376 Å². The van der Waals surface area contributed by atoms with Gasteiger partial charge in [-0.15, -0.1) is 0 Å². The van der Waals surface area contributed by atoms with Gasteiger partial charge in [-0.1, -0.05) is 0 Å². The molecule has 0 aliphatic rings. The van der Waals surface area contributed by atoms with E-state index in [2.05, 4.69) is 167 Å². The maximum absolute atomic E-state index is 5.63. The summed E-state index contributed by atoms with van der Waals surface area (Å²) in [7, 11) is 3.13. The van der Waals surface area contributed by atoms with Gasteiger partial charge in [0.25, 0.3) is 0 Å². The molecule has 0 atom stereocenters. The number of benzene rings is 1. The maximum Gasteiger partial charge on any atom is 0 e. The summed E-state index contributed by atoms with van der Waals surface area (Å²) in [5, 5.41) is 1.12. The summed E-state index contributed by atoms with van der Waals surface area (Å²) < 4.78 is 11.5. The number of hydrogen-bond donors (Lipinski definition) is 0. The van der Waals surface area contributed by atoms with Crippen LogP contribution < -0.4 is 4.74 Å². The molecule has 13 heteroatoms. The van der Waals surface area contributed by atoms with Crippen LogP contribution in [0.2, 0.25) is 0 Å². The molecule has 0 aliphatic heterocycles. The van der Waals surface area contributed by atoms with Gasteiger partial charge < -0.3 is 7.40 Å². The number of fused-ring (bicyclic) bond motifs is 1. The molecule has 1 heterocycles. The molecule has 0 fully saturated rings. The first-order valence-corrected chi connectivity index (χ1v) is 41.7. The average molecular weight is 1400 g/mol. The van der Waals surface area contributed by atoms with Crippen molar-refractivity contribution in [3.8, 4) is 5.75 Å². The van der Waals surface area contributed by atoms with E-state index in [1.807, 2.05) is 18.2 Å². The van der Waals surface area contributed by atoms with Crippen LogP contribution >= 0.6 is 156 Å². The van der Waals surface area contributed by atoms with Crippen molar-refractivity contribution in [2.24, 2.45) is 0 Å². The second kappa shape index (κ2) is 22.2. The monoisotopic (exact) mass is 1400 g/mol. The molecule has 0 saturated heterocycles. The number of ether oxygens (including phenoxy) is 1. The standard InChI is InChI=1S/C14H15I2NO.CH3.6HI.3V/c1-4-10-13-11(17-9(3)14(10)16-15)7-6-8-12(13)18-5-2;;;;;;;;;;/h6-8,16H,1-2,4-5H2,3H3;1H3;6*1H;;;/q-2;-1;;;;;;;;+2;+4/p-6/i;1D;;;;;;;;;. The zero-order valence-corrected chi connectivity index (χ0v) is 36.1. The molecule has 2 nitrogen and oxygen atoms in total. The molecule has 2 rings (SSSR count). The Hall–Kier alpha value is 6.02. The van der Waals surface area contributed by atoms with Crippen LogP contribution in [0.3, 0.4) is 0 Å². The molecule has 0 amide bonds. The third kappa shape index (κ3) is 16.7. The molecule has 0 bridgehead atoms. The third-order valence-corrected chi connectivity index (χ3v) is 7.72. The molecule has 1 aromatic carbocycles. The fourth-order valence-electron chi connectivity index (χ4n) is 2.05. The zero-order chi connectivity index (χ0) is 22.3. The Labute approximate surface area is 278 Å². The van der Waals surface area contributed by atoms with Crippen molar-refractivity contribution < 1.29 is 34.5 Å². The summed E-state index contributed by atoms with van der Waals surface area (Å²) in [6.07, 6.45) is 0.778. The average Bonchev–Trinajstić information content (AvgIpc) is 2.62. The first-order valence-electron chi connectivity index (χ1n) is 7.37. The minimum Gasteiger partial charge on any atom is 0 e. The Kier molecular flexibility index (Phi) is 28.7. The fourth-order valence-corrected chi connectivity index (χ4v) is 7.27. The number of hydrogen-bond acceptors (Lipinski definition) is 2. The number of rotatable bonds is 4. The van der Waals surface area contributed by atoms with Crippen molar-refractivity contribution in [3.05, 3.63) is 54.3 Å². The predicted octanol–water partition coefficient (Wildman–Crippen LogP) is 10.1. The smallest absolute Gasteiger partial charge is 0 e.